The van der Waals surface area contributed by atoms with Crippen LogP contribution in [0.25, 0.3) is 22.2 Å². The van der Waals surface area contributed by atoms with Gasteiger partial charge in [0.15, 0.2) is 0 Å². The third kappa shape index (κ3) is 2.74. The van der Waals surface area contributed by atoms with E-state index in [9.17, 15) is 9.90 Å². The van der Waals surface area contributed by atoms with Gasteiger partial charge < -0.3 is 10.1 Å². The van der Waals surface area contributed by atoms with Gasteiger partial charge in [-0.25, -0.2) is 0 Å². The minimum absolute atomic E-state index is 0.103. The zero-order chi connectivity index (χ0) is 15.9. The monoisotopic (exact) mass is 397 g/mol. The molecule has 1 aromatic heterocycles. The molecule has 3 rings (SSSR count). The fourth-order valence-corrected chi connectivity index (χ4v) is 3.24. The molecule has 0 radical (unpaired) electrons. The van der Waals surface area contributed by atoms with Gasteiger partial charge in [0.05, 0.1) is 22.2 Å². The first kappa shape index (κ1) is 15.4. The van der Waals surface area contributed by atoms with E-state index in [4.69, 9.17) is 23.2 Å². The first-order valence-electron chi connectivity index (χ1n) is 6.43. The molecule has 3 nitrogen and oxygen atoms in total. The molecule has 0 fully saturated rings. The quantitative estimate of drug-likeness (QED) is 0.609. The number of aromatic amines is 1. The Kier molecular flexibility index (Phi) is 4.17. The lowest BCUT2D eigenvalue weighted by atomic mass is 10.0. The first-order chi connectivity index (χ1) is 10.5. The van der Waals surface area contributed by atoms with Gasteiger partial charge in [-0.15, -0.1) is 0 Å². The maximum Gasteiger partial charge on any atom is 0.307 e. The molecule has 112 valence electrons. The van der Waals surface area contributed by atoms with Crippen molar-refractivity contribution in [1.82, 2.24) is 4.98 Å². The Labute approximate surface area is 145 Å². The van der Waals surface area contributed by atoms with Crippen LogP contribution in [0.1, 0.15) is 5.56 Å². The van der Waals surface area contributed by atoms with Crippen LogP contribution in [0.5, 0.6) is 0 Å². The maximum absolute atomic E-state index is 11.2. The van der Waals surface area contributed by atoms with Crippen molar-refractivity contribution in [2.45, 2.75) is 6.42 Å². The Hall–Kier alpha value is -1.49. The highest BCUT2D eigenvalue weighted by molar-refractivity contribution is 9.10. The predicted molar refractivity (Wildman–Crippen MR) is 92.8 cm³/mol. The van der Waals surface area contributed by atoms with E-state index in [0.29, 0.717) is 26.9 Å². The molecule has 3 aromatic rings. The van der Waals surface area contributed by atoms with Crippen LogP contribution in [0, 0.1) is 0 Å². The smallest absolute Gasteiger partial charge is 0.307 e. The van der Waals surface area contributed by atoms with E-state index in [2.05, 4.69) is 20.9 Å². The molecule has 0 aliphatic heterocycles. The van der Waals surface area contributed by atoms with Crippen molar-refractivity contribution in [2.24, 2.45) is 0 Å². The van der Waals surface area contributed by atoms with Crippen LogP contribution < -0.4 is 0 Å². The number of nitrogens with one attached hydrogen (secondary N) is 1. The number of halogens is 3. The maximum atomic E-state index is 11.2. The Balaban J connectivity index is 2.32. The van der Waals surface area contributed by atoms with Crippen molar-refractivity contribution < 1.29 is 9.90 Å². The molecule has 2 N–H and O–H groups in total. The summed E-state index contributed by atoms with van der Waals surface area (Å²) in [5.74, 6) is -0.903. The second-order valence-corrected chi connectivity index (χ2v) is 6.54. The highest BCUT2D eigenvalue weighted by Crippen LogP contribution is 2.38. The number of fused-ring (bicyclic) bond motifs is 1. The summed E-state index contributed by atoms with van der Waals surface area (Å²) < 4.78 is 0.884. The van der Waals surface area contributed by atoms with Gasteiger partial charge in [-0.1, -0.05) is 51.3 Å². The van der Waals surface area contributed by atoms with Crippen molar-refractivity contribution in [3.8, 4) is 11.3 Å². The van der Waals surface area contributed by atoms with Gasteiger partial charge >= 0.3 is 5.97 Å². The summed E-state index contributed by atoms with van der Waals surface area (Å²) in [4.78, 5) is 14.5. The van der Waals surface area contributed by atoms with Gasteiger partial charge in [0, 0.05) is 20.9 Å². The summed E-state index contributed by atoms with van der Waals surface area (Å²) in [5.41, 5.74) is 2.92. The van der Waals surface area contributed by atoms with Crippen molar-refractivity contribution in [3.63, 3.8) is 0 Å². The summed E-state index contributed by atoms with van der Waals surface area (Å²) in [5, 5.41) is 10.9. The van der Waals surface area contributed by atoms with Crippen LogP contribution in [0.3, 0.4) is 0 Å². The average Bonchev–Trinajstić information content (AvgIpc) is 2.79. The molecule has 0 saturated carbocycles. The average molecular weight is 399 g/mol. The third-order valence-electron chi connectivity index (χ3n) is 3.42. The van der Waals surface area contributed by atoms with Crippen LogP contribution in [0.15, 0.2) is 40.9 Å². The number of carboxylic acids is 1. The molecule has 0 spiro atoms. The van der Waals surface area contributed by atoms with E-state index >= 15 is 0 Å². The minimum Gasteiger partial charge on any atom is -0.481 e. The Morgan fingerprint density at radius 3 is 2.73 bits per heavy atom. The van der Waals surface area contributed by atoms with Gasteiger partial charge in [0.25, 0.3) is 0 Å². The Morgan fingerprint density at radius 1 is 1.23 bits per heavy atom. The molecule has 0 atom stereocenters. The van der Waals surface area contributed by atoms with Crippen LogP contribution in [0.4, 0.5) is 0 Å². The molecule has 0 unspecified atom stereocenters. The number of benzene rings is 2. The molecular weight excluding hydrogens is 389 g/mol. The molecule has 1 heterocycles. The molecule has 0 bridgehead atoms. The van der Waals surface area contributed by atoms with Crippen molar-refractivity contribution in [2.75, 3.05) is 0 Å². The number of carboxylic acid groups (broad SMARTS) is 1. The van der Waals surface area contributed by atoms with E-state index in [0.717, 1.165) is 15.4 Å². The van der Waals surface area contributed by atoms with Crippen LogP contribution in [0.2, 0.25) is 10.0 Å². The van der Waals surface area contributed by atoms with Crippen LogP contribution in [-0.4, -0.2) is 16.1 Å². The molecule has 0 aliphatic carbocycles. The number of H-pyrrole nitrogens is 1. The van der Waals surface area contributed by atoms with Gasteiger partial charge in [-0.05, 0) is 29.8 Å². The number of hydrogen-bond donors (Lipinski definition) is 2. The molecule has 6 heteroatoms. The predicted octanol–water partition coefficient (Wildman–Crippen LogP) is 5.53. The lowest BCUT2D eigenvalue weighted by Gasteiger charge is -2.06. The van der Waals surface area contributed by atoms with Crippen LogP contribution in [-0.2, 0) is 11.2 Å². The topological polar surface area (TPSA) is 53.1 Å². The number of aliphatic carboxylic acids is 1. The number of hydrogen-bond acceptors (Lipinski definition) is 1. The normalized spacial score (nSPS) is 11.0. The van der Waals surface area contributed by atoms with Crippen molar-refractivity contribution in [3.05, 3.63) is 56.5 Å². The Morgan fingerprint density at radius 2 is 2.00 bits per heavy atom. The molecular formula is C16H10BrCl2NO2. The summed E-state index contributed by atoms with van der Waals surface area (Å²) in [7, 11) is 0. The van der Waals surface area contributed by atoms with E-state index in [-0.39, 0.29) is 6.42 Å². The fourth-order valence-electron chi connectivity index (χ4n) is 2.48. The van der Waals surface area contributed by atoms with Crippen molar-refractivity contribution in [1.29, 1.82) is 0 Å². The van der Waals surface area contributed by atoms with Crippen LogP contribution >= 0.6 is 39.1 Å². The number of rotatable bonds is 3. The first-order valence-corrected chi connectivity index (χ1v) is 7.98. The molecule has 0 amide bonds. The second kappa shape index (κ2) is 5.95. The molecule has 2 aromatic carbocycles. The van der Waals surface area contributed by atoms with Gasteiger partial charge in [0.1, 0.15) is 0 Å². The summed E-state index contributed by atoms with van der Waals surface area (Å²) in [6.07, 6.45) is -0.103. The second-order valence-electron chi connectivity index (χ2n) is 4.84. The molecule has 22 heavy (non-hydrogen) atoms. The molecule has 0 saturated heterocycles. The van der Waals surface area contributed by atoms with E-state index in [1.807, 2.05) is 24.3 Å². The molecule has 0 aliphatic rings. The zero-order valence-corrected chi connectivity index (χ0v) is 14.3. The summed E-state index contributed by atoms with van der Waals surface area (Å²) in [6, 6.07) is 11.0. The standard InChI is InChI=1S/C16H10BrCl2NO2/c17-8-4-5-13-10(6-8)11(7-14(21)22)16(20-13)9-2-1-3-12(18)15(9)19/h1-6,20H,7H2,(H,21,22). The lowest BCUT2D eigenvalue weighted by Crippen LogP contribution is -2.01. The SMILES string of the molecule is O=C(O)Cc1c(-c2cccc(Cl)c2Cl)[nH]c2ccc(Br)cc12. The zero-order valence-electron chi connectivity index (χ0n) is 11.2. The van der Waals surface area contributed by atoms with Gasteiger partial charge in [-0.3, -0.25) is 4.79 Å². The number of aromatic nitrogens is 1. The third-order valence-corrected chi connectivity index (χ3v) is 4.73. The van der Waals surface area contributed by atoms with E-state index < -0.39 is 5.97 Å². The fraction of sp³-hybridized carbons (Fsp3) is 0.0625. The Bertz CT molecular complexity index is 889. The summed E-state index contributed by atoms with van der Waals surface area (Å²) >= 11 is 15.8. The van der Waals surface area contributed by atoms with Gasteiger partial charge in [0.2, 0.25) is 0 Å². The van der Waals surface area contributed by atoms with Gasteiger partial charge in [-0.2, -0.15) is 0 Å². The highest BCUT2D eigenvalue weighted by Gasteiger charge is 2.18. The minimum atomic E-state index is -0.903. The summed E-state index contributed by atoms with van der Waals surface area (Å²) in [6.45, 7) is 0. The van der Waals surface area contributed by atoms with E-state index in [1.54, 1.807) is 12.1 Å². The lowest BCUT2D eigenvalue weighted by molar-refractivity contribution is -0.136. The largest absolute Gasteiger partial charge is 0.481 e. The number of carbonyl (C=O) groups is 1. The van der Waals surface area contributed by atoms with Crippen molar-refractivity contribution >= 4 is 56.0 Å². The highest BCUT2D eigenvalue weighted by atomic mass is 79.9. The van der Waals surface area contributed by atoms with E-state index in [1.165, 1.54) is 0 Å².